The molecule has 0 aliphatic carbocycles. The van der Waals surface area contributed by atoms with Gasteiger partial charge in [0.25, 0.3) is 0 Å². The number of hydrogen-bond acceptors (Lipinski definition) is 1. The van der Waals surface area contributed by atoms with E-state index < -0.39 is 0 Å². The molecule has 0 saturated heterocycles. The molecule has 0 rings (SSSR count). The summed E-state index contributed by atoms with van der Waals surface area (Å²) in [4.78, 5) is 0. The molecule has 0 fully saturated rings. The van der Waals surface area contributed by atoms with Gasteiger partial charge < -0.3 is 0 Å². The second-order valence-electron chi connectivity index (χ2n) is 0.154. The largest absolute Gasteiger partial charge is 0.283 e. The zero-order chi connectivity index (χ0) is 2.71. The third-order valence-electron chi connectivity index (χ3n) is 0. The number of halogens is 1. The first-order chi connectivity index (χ1) is 1.41. The molecule has 0 saturated carbocycles. The van der Waals surface area contributed by atoms with Crippen LogP contribution in [-0.4, -0.2) is 7.11 Å². The van der Waals surface area contributed by atoms with Gasteiger partial charge in [0.05, 0.1) is 19.0 Å². The molecule has 0 aliphatic heterocycles. The fourth-order valence-electron chi connectivity index (χ4n) is 0. The predicted octanol–water partition coefficient (Wildman–Crippen LogP) is 0.784. The van der Waals surface area contributed by atoms with Crippen molar-refractivity contribution in [3.05, 3.63) is 0 Å². The van der Waals surface area contributed by atoms with Crippen molar-refractivity contribution in [1.29, 1.82) is 0 Å². The summed E-state index contributed by atoms with van der Waals surface area (Å²) in [7, 11) is 1.39. The summed E-state index contributed by atoms with van der Waals surface area (Å²) in [6, 6.07) is 0. The van der Waals surface area contributed by atoms with Crippen molar-refractivity contribution in [3.8, 4) is 0 Å². The van der Waals surface area contributed by atoms with Gasteiger partial charge in [0.1, 0.15) is 0 Å². The van der Waals surface area contributed by atoms with E-state index in [9.17, 15) is 0 Å². The van der Waals surface area contributed by atoms with Crippen LogP contribution in [0.4, 0.5) is 0 Å². The van der Waals surface area contributed by atoms with Gasteiger partial charge in [0.15, 0.2) is 0 Å². The Kier molecular flexibility index (Phi) is 20.0. The summed E-state index contributed by atoms with van der Waals surface area (Å²) in [5.41, 5.74) is 0. The maximum atomic E-state index is 4.50. The normalized spacial score (nSPS) is 4.50. The molecule has 3 heteroatoms. The molecule has 1 radical (unpaired) electrons. The van der Waals surface area contributed by atoms with E-state index in [1.807, 2.05) is 0 Å². The van der Waals surface area contributed by atoms with Gasteiger partial charge in [0, 0.05) is 22.4 Å². The van der Waals surface area contributed by atoms with Crippen LogP contribution in [-0.2, 0) is 26.7 Å². The molecule has 0 spiro atoms. The molecule has 0 heterocycles. The third-order valence-corrected chi connectivity index (χ3v) is 0. The summed E-state index contributed by atoms with van der Waals surface area (Å²) in [6.07, 6.45) is 0. The molecule has 4 heavy (non-hydrogen) atoms. The summed E-state index contributed by atoms with van der Waals surface area (Å²) >= 11 is 4.50. The predicted molar refractivity (Wildman–Crippen MR) is 12.9 cm³/mol. The van der Waals surface area contributed by atoms with Crippen LogP contribution >= 0.6 is 11.9 Å². The van der Waals surface area contributed by atoms with Crippen molar-refractivity contribution < 1.29 is 26.7 Å². The van der Waals surface area contributed by atoms with Gasteiger partial charge in [-0.3, -0.25) is 4.29 Å². The molecule has 0 bridgehead atoms. The number of hydrogen-bond donors (Lipinski definition) is 0. The van der Waals surface area contributed by atoms with Crippen LogP contribution in [0.25, 0.3) is 0 Å². The zero-order valence-corrected chi connectivity index (χ0v) is 5.19. The minimum absolute atomic E-state index is 0. The molecule has 0 N–H and O–H groups in total. The van der Waals surface area contributed by atoms with Crippen LogP contribution in [0.5, 0.6) is 0 Å². The molecule has 25 valence electrons. The van der Waals surface area contributed by atoms with Gasteiger partial charge in [-0.05, 0) is 0 Å². The fraction of sp³-hybridized carbons (Fsp3) is 1.00. The fourth-order valence-corrected chi connectivity index (χ4v) is 0. The van der Waals surface area contributed by atoms with Crippen molar-refractivity contribution >= 4 is 11.9 Å². The Morgan fingerprint density at radius 2 is 1.75 bits per heavy atom. The Morgan fingerprint density at radius 3 is 1.75 bits per heavy atom. The van der Waals surface area contributed by atoms with E-state index >= 15 is 0 Å². The van der Waals surface area contributed by atoms with E-state index in [4.69, 9.17) is 0 Å². The molecule has 0 amide bonds. The van der Waals surface area contributed by atoms with E-state index in [1.165, 1.54) is 7.11 Å². The van der Waals surface area contributed by atoms with Crippen molar-refractivity contribution in [2.45, 2.75) is 0 Å². The van der Waals surface area contributed by atoms with E-state index in [1.54, 1.807) is 0 Å². The third kappa shape index (κ3) is 12.1. The standard InChI is InChI=1S/CH3ClO.Nb/c1-3-2;/h1H3;. The Balaban J connectivity index is 0. The molecule has 0 aromatic carbocycles. The van der Waals surface area contributed by atoms with E-state index in [0.717, 1.165) is 0 Å². The Bertz CT molecular complexity index is 8.00. The van der Waals surface area contributed by atoms with Gasteiger partial charge in [0.2, 0.25) is 0 Å². The van der Waals surface area contributed by atoms with E-state index in [2.05, 4.69) is 16.2 Å². The summed E-state index contributed by atoms with van der Waals surface area (Å²) in [5.74, 6) is 0. The average Bonchev–Trinajstić information content (AvgIpc) is 0.918. The average molecular weight is 159 g/mol. The van der Waals surface area contributed by atoms with Crippen LogP contribution < -0.4 is 0 Å². The van der Waals surface area contributed by atoms with E-state index in [0.29, 0.717) is 0 Å². The van der Waals surface area contributed by atoms with Gasteiger partial charge in [-0.25, -0.2) is 0 Å². The van der Waals surface area contributed by atoms with Gasteiger partial charge in [-0.1, -0.05) is 0 Å². The maximum absolute atomic E-state index is 4.50. The van der Waals surface area contributed by atoms with Crippen molar-refractivity contribution in [2.24, 2.45) is 0 Å². The summed E-state index contributed by atoms with van der Waals surface area (Å²) in [5, 5.41) is 0. The molecule has 0 aromatic rings. The Labute approximate surface area is 46.0 Å². The maximum Gasteiger partial charge on any atom is 0.0606 e. The first kappa shape index (κ1) is 8.89. The van der Waals surface area contributed by atoms with Crippen LogP contribution in [0.1, 0.15) is 0 Å². The Hall–Kier alpha value is 0.990. The first-order valence-electron chi connectivity index (χ1n) is 0.563. The second-order valence-corrected chi connectivity index (χ2v) is 0.463. The van der Waals surface area contributed by atoms with E-state index in [-0.39, 0.29) is 22.4 Å². The quantitative estimate of drug-likeness (QED) is 0.475. The molecule has 0 aliphatic rings. The van der Waals surface area contributed by atoms with Gasteiger partial charge in [-0.15, -0.1) is 0 Å². The van der Waals surface area contributed by atoms with Crippen LogP contribution in [0, 0.1) is 0 Å². The van der Waals surface area contributed by atoms with Gasteiger partial charge in [-0.2, -0.15) is 0 Å². The number of rotatable bonds is 0. The topological polar surface area (TPSA) is 9.23 Å². The van der Waals surface area contributed by atoms with Crippen LogP contribution in [0.3, 0.4) is 0 Å². The minimum Gasteiger partial charge on any atom is -0.283 e. The molecule has 0 unspecified atom stereocenters. The zero-order valence-electron chi connectivity index (χ0n) is 2.23. The summed E-state index contributed by atoms with van der Waals surface area (Å²) in [6.45, 7) is 0. The van der Waals surface area contributed by atoms with Crippen LogP contribution in [0.2, 0.25) is 0 Å². The molecule has 0 aromatic heterocycles. The molecular weight excluding hydrogens is 156 g/mol. The minimum atomic E-state index is 0. The molecule has 1 nitrogen and oxygen atoms in total. The SMILES string of the molecule is COCl.[Nb]. The molecule has 0 atom stereocenters. The Morgan fingerprint density at radius 1 is 1.75 bits per heavy atom. The second kappa shape index (κ2) is 9.01. The van der Waals surface area contributed by atoms with Crippen molar-refractivity contribution in [3.63, 3.8) is 0 Å². The summed E-state index contributed by atoms with van der Waals surface area (Å²) < 4.78 is 3.72. The first-order valence-corrected chi connectivity index (χ1v) is 0.871. The van der Waals surface area contributed by atoms with Gasteiger partial charge >= 0.3 is 0 Å². The smallest absolute Gasteiger partial charge is 0.0606 e. The van der Waals surface area contributed by atoms with Crippen molar-refractivity contribution in [2.75, 3.05) is 7.11 Å². The molecular formula is CH3ClNbO. The monoisotopic (exact) mass is 159 g/mol. The van der Waals surface area contributed by atoms with Crippen molar-refractivity contribution in [1.82, 2.24) is 0 Å². The van der Waals surface area contributed by atoms with Crippen LogP contribution in [0.15, 0.2) is 0 Å².